The maximum absolute atomic E-state index is 12.5. The summed E-state index contributed by atoms with van der Waals surface area (Å²) in [5.74, 6) is 0.780. The van der Waals surface area contributed by atoms with E-state index in [2.05, 4.69) is 22.6 Å². The molecule has 0 bridgehead atoms. The highest BCUT2D eigenvalue weighted by atomic mass is 127. The number of hydrogen-bond acceptors (Lipinski definition) is 1. The number of carbonyl (C=O) groups excluding carboxylic acids is 1. The average Bonchev–Trinajstić information content (AvgIpc) is 2.40. The minimum absolute atomic E-state index is 0.154. The highest BCUT2D eigenvalue weighted by molar-refractivity contribution is 14.1. The Labute approximate surface area is 127 Å². The Hall–Kier alpha value is -0.290. The second-order valence-corrected chi connectivity index (χ2v) is 6.26. The fourth-order valence-electron chi connectivity index (χ4n) is 2.45. The van der Waals surface area contributed by atoms with Crippen molar-refractivity contribution in [2.24, 2.45) is 0 Å². The summed E-state index contributed by atoms with van der Waals surface area (Å²) in [5, 5.41) is 0. The van der Waals surface area contributed by atoms with Gasteiger partial charge >= 0.3 is 0 Å². The van der Waals surface area contributed by atoms with Crippen LogP contribution in [0.15, 0.2) is 24.3 Å². The van der Waals surface area contributed by atoms with Crippen LogP contribution in [0, 0.1) is 3.57 Å². The van der Waals surface area contributed by atoms with Crippen molar-refractivity contribution in [3.63, 3.8) is 0 Å². The smallest absolute Gasteiger partial charge is 0.254 e. The maximum Gasteiger partial charge on any atom is 0.254 e. The lowest BCUT2D eigenvalue weighted by atomic mass is 9.99. The van der Waals surface area contributed by atoms with Crippen molar-refractivity contribution in [1.82, 2.24) is 4.90 Å². The predicted octanol–water partition coefficient (Wildman–Crippen LogP) is 3.91. The standard InChI is InChI=1S/C14H17ClINO/c15-9-8-13-3-1-2-10-17(13)14(18)11-4-6-12(16)7-5-11/h4-7,13H,1-3,8-10H2. The van der Waals surface area contributed by atoms with Crippen LogP contribution in [0.2, 0.25) is 0 Å². The second kappa shape index (κ2) is 6.75. The number of likely N-dealkylation sites (tertiary alicyclic amines) is 1. The molecule has 2 nitrogen and oxygen atoms in total. The lowest BCUT2D eigenvalue weighted by Gasteiger charge is -2.35. The van der Waals surface area contributed by atoms with E-state index in [1.807, 2.05) is 29.2 Å². The van der Waals surface area contributed by atoms with Gasteiger partial charge in [0.1, 0.15) is 0 Å². The Morgan fingerprint density at radius 1 is 1.33 bits per heavy atom. The minimum atomic E-state index is 0.154. The number of amides is 1. The van der Waals surface area contributed by atoms with E-state index in [0.29, 0.717) is 11.9 Å². The molecule has 0 saturated carbocycles. The van der Waals surface area contributed by atoms with Crippen molar-refractivity contribution in [1.29, 1.82) is 0 Å². The Bertz CT molecular complexity index is 405. The van der Waals surface area contributed by atoms with E-state index in [9.17, 15) is 4.79 Å². The Kier molecular flexibility index (Phi) is 5.30. The molecular weight excluding hydrogens is 361 g/mol. The van der Waals surface area contributed by atoms with Crippen LogP contribution in [0.25, 0.3) is 0 Å². The summed E-state index contributed by atoms with van der Waals surface area (Å²) >= 11 is 8.08. The Morgan fingerprint density at radius 2 is 2.06 bits per heavy atom. The van der Waals surface area contributed by atoms with E-state index in [0.717, 1.165) is 34.9 Å². The molecular formula is C14H17ClINO. The first kappa shape index (κ1) is 14.1. The Balaban J connectivity index is 2.12. The summed E-state index contributed by atoms with van der Waals surface area (Å²) in [5.41, 5.74) is 0.789. The molecule has 1 aromatic carbocycles. The van der Waals surface area contributed by atoms with Gasteiger partial charge in [0.2, 0.25) is 0 Å². The fraction of sp³-hybridized carbons (Fsp3) is 0.500. The summed E-state index contributed by atoms with van der Waals surface area (Å²) in [4.78, 5) is 14.5. The highest BCUT2D eigenvalue weighted by Gasteiger charge is 2.26. The molecule has 1 aliphatic heterocycles. The Morgan fingerprint density at radius 3 is 2.72 bits per heavy atom. The van der Waals surface area contributed by atoms with Crippen LogP contribution in [0.1, 0.15) is 36.0 Å². The third-order valence-corrected chi connectivity index (χ3v) is 4.36. The van der Waals surface area contributed by atoms with Crippen molar-refractivity contribution < 1.29 is 4.79 Å². The average molecular weight is 378 g/mol. The molecule has 1 fully saturated rings. The van der Waals surface area contributed by atoms with Gasteiger partial charge in [-0.15, -0.1) is 11.6 Å². The molecule has 2 rings (SSSR count). The molecule has 0 aliphatic carbocycles. The summed E-state index contributed by atoms with van der Waals surface area (Å²) in [6.45, 7) is 0.867. The third-order valence-electron chi connectivity index (χ3n) is 3.42. The van der Waals surface area contributed by atoms with E-state index >= 15 is 0 Å². The van der Waals surface area contributed by atoms with Crippen LogP contribution >= 0.6 is 34.2 Å². The number of benzene rings is 1. The zero-order valence-electron chi connectivity index (χ0n) is 10.2. The van der Waals surface area contributed by atoms with Crippen LogP contribution in [-0.4, -0.2) is 29.3 Å². The molecule has 0 spiro atoms. The zero-order chi connectivity index (χ0) is 13.0. The molecule has 1 amide bonds. The molecule has 0 N–H and O–H groups in total. The van der Waals surface area contributed by atoms with Gasteiger partial charge in [0.25, 0.3) is 5.91 Å². The van der Waals surface area contributed by atoms with Gasteiger partial charge in [0.05, 0.1) is 0 Å². The van der Waals surface area contributed by atoms with Crippen LogP contribution in [0.4, 0.5) is 0 Å². The minimum Gasteiger partial charge on any atom is -0.336 e. The summed E-state index contributed by atoms with van der Waals surface area (Å²) < 4.78 is 1.15. The van der Waals surface area contributed by atoms with Crippen molar-refractivity contribution >= 4 is 40.1 Å². The molecule has 1 heterocycles. The van der Waals surface area contributed by atoms with Gasteiger partial charge in [-0.3, -0.25) is 4.79 Å². The lowest BCUT2D eigenvalue weighted by molar-refractivity contribution is 0.0609. The first-order valence-corrected chi connectivity index (χ1v) is 7.96. The van der Waals surface area contributed by atoms with Crippen molar-refractivity contribution in [3.8, 4) is 0 Å². The summed E-state index contributed by atoms with van der Waals surface area (Å²) in [6, 6.07) is 8.11. The quantitative estimate of drug-likeness (QED) is 0.577. The fourth-order valence-corrected chi connectivity index (χ4v) is 3.06. The van der Waals surface area contributed by atoms with Gasteiger partial charge in [-0.05, 0) is 72.5 Å². The van der Waals surface area contributed by atoms with Gasteiger partial charge in [-0.1, -0.05) is 0 Å². The van der Waals surface area contributed by atoms with E-state index in [1.54, 1.807) is 0 Å². The normalized spacial score (nSPS) is 19.9. The second-order valence-electron chi connectivity index (χ2n) is 4.63. The number of carbonyl (C=O) groups is 1. The number of halogens is 2. The van der Waals surface area contributed by atoms with Gasteiger partial charge in [0.15, 0.2) is 0 Å². The van der Waals surface area contributed by atoms with Gasteiger partial charge < -0.3 is 4.90 Å². The summed E-state index contributed by atoms with van der Waals surface area (Å²) in [7, 11) is 0. The molecule has 1 saturated heterocycles. The van der Waals surface area contributed by atoms with Gasteiger partial charge in [-0.2, -0.15) is 0 Å². The molecule has 1 aromatic rings. The van der Waals surface area contributed by atoms with E-state index in [-0.39, 0.29) is 5.91 Å². The molecule has 18 heavy (non-hydrogen) atoms. The van der Waals surface area contributed by atoms with Crippen LogP contribution in [0.3, 0.4) is 0 Å². The monoisotopic (exact) mass is 377 g/mol. The largest absolute Gasteiger partial charge is 0.336 e. The number of piperidine rings is 1. The first-order valence-electron chi connectivity index (χ1n) is 6.35. The topological polar surface area (TPSA) is 20.3 Å². The van der Waals surface area contributed by atoms with Crippen molar-refractivity contribution in [2.75, 3.05) is 12.4 Å². The SMILES string of the molecule is O=C(c1ccc(I)cc1)N1CCCCC1CCCl. The first-order chi connectivity index (χ1) is 8.72. The predicted molar refractivity (Wildman–Crippen MR) is 83.2 cm³/mol. The number of rotatable bonds is 3. The van der Waals surface area contributed by atoms with Crippen LogP contribution in [0.5, 0.6) is 0 Å². The molecule has 1 unspecified atom stereocenters. The number of alkyl halides is 1. The number of nitrogens with zero attached hydrogens (tertiary/aromatic N) is 1. The lowest BCUT2D eigenvalue weighted by Crippen LogP contribution is -2.43. The molecule has 1 aliphatic rings. The van der Waals surface area contributed by atoms with E-state index in [1.165, 1.54) is 6.42 Å². The highest BCUT2D eigenvalue weighted by Crippen LogP contribution is 2.22. The number of hydrogen-bond donors (Lipinski definition) is 0. The van der Waals surface area contributed by atoms with E-state index < -0.39 is 0 Å². The van der Waals surface area contributed by atoms with Gasteiger partial charge in [0, 0.05) is 27.6 Å². The maximum atomic E-state index is 12.5. The van der Waals surface area contributed by atoms with E-state index in [4.69, 9.17) is 11.6 Å². The molecule has 4 heteroatoms. The van der Waals surface area contributed by atoms with Crippen molar-refractivity contribution in [3.05, 3.63) is 33.4 Å². The van der Waals surface area contributed by atoms with Crippen LogP contribution in [-0.2, 0) is 0 Å². The zero-order valence-corrected chi connectivity index (χ0v) is 13.2. The molecule has 0 radical (unpaired) electrons. The molecule has 0 aromatic heterocycles. The van der Waals surface area contributed by atoms with Crippen LogP contribution < -0.4 is 0 Å². The third kappa shape index (κ3) is 3.38. The molecule has 98 valence electrons. The van der Waals surface area contributed by atoms with Gasteiger partial charge in [-0.25, -0.2) is 0 Å². The van der Waals surface area contributed by atoms with Crippen molar-refractivity contribution in [2.45, 2.75) is 31.7 Å². The summed E-state index contributed by atoms with van der Waals surface area (Å²) in [6.07, 6.45) is 4.30. The molecule has 1 atom stereocenters.